The molecule has 168 valence electrons. The van der Waals surface area contributed by atoms with Crippen LogP contribution in [0.2, 0.25) is 0 Å². The molecule has 0 bridgehead atoms. The second-order valence-electron chi connectivity index (χ2n) is 7.98. The summed E-state index contributed by atoms with van der Waals surface area (Å²) in [7, 11) is -0.703. The van der Waals surface area contributed by atoms with E-state index in [1.54, 1.807) is 13.8 Å². The lowest BCUT2D eigenvalue weighted by molar-refractivity contribution is -0.482. The van der Waals surface area contributed by atoms with Crippen LogP contribution in [0.15, 0.2) is 30.3 Å². The van der Waals surface area contributed by atoms with Crippen molar-refractivity contribution in [3.8, 4) is 0 Å². The number of hydrogen-bond acceptors (Lipinski definition) is 9. The fourth-order valence-corrected chi connectivity index (χ4v) is 5.46. The van der Waals surface area contributed by atoms with Gasteiger partial charge in [-0.15, -0.1) is 0 Å². The molecule has 4 rings (SSSR count). The van der Waals surface area contributed by atoms with Gasteiger partial charge in [0.15, 0.2) is 6.29 Å². The summed E-state index contributed by atoms with van der Waals surface area (Å²) in [4.78, 5) is 0. The van der Waals surface area contributed by atoms with Crippen LogP contribution in [0.25, 0.3) is 0 Å². The maximum absolute atomic E-state index is 12.1. The van der Waals surface area contributed by atoms with E-state index in [4.69, 9.17) is 32.6 Å². The van der Waals surface area contributed by atoms with Crippen molar-refractivity contribution >= 4 is 10.1 Å². The molecule has 0 N–H and O–H groups in total. The minimum atomic E-state index is -3.68. The zero-order valence-corrected chi connectivity index (χ0v) is 18.3. The zero-order chi connectivity index (χ0) is 21.6. The number of hydrogen-bond donors (Lipinski definition) is 0. The van der Waals surface area contributed by atoms with Crippen molar-refractivity contribution in [1.29, 1.82) is 0 Å². The van der Waals surface area contributed by atoms with Gasteiger partial charge in [0, 0.05) is 20.1 Å². The van der Waals surface area contributed by atoms with E-state index in [9.17, 15) is 8.42 Å². The molecule has 0 saturated carbocycles. The molecule has 7 atom stereocenters. The Balaban J connectivity index is 1.63. The number of rotatable bonds is 5. The average Bonchev–Trinajstić information content (AvgIpc) is 2.74. The summed E-state index contributed by atoms with van der Waals surface area (Å²) in [5.74, 6) is -3.27. The smallest absolute Gasteiger partial charge is 0.267 e. The molecule has 3 aliphatic rings. The lowest BCUT2D eigenvalue weighted by atomic mass is 9.88. The second-order valence-corrected chi connectivity index (χ2v) is 9.66. The minimum absolute atomic E-state index is 0.101. The highest BCUT2D eigenvalue weighted by Crippen LogP contribution is 2.46. The summed E-state index contributed by atoms with van der Waals surface area (Å²) in [6.07, 6.45) is -2.71. The van der Waals surface area contributed by atoms with E-state index in [0.29, 0.717) is 6.61 Å². The number of benzene rings is 1. The first kappa shape index (κ1) is 22.1. The fraction of sp³-hybridized carbons (Fsp3) is 0.700. The minimum Gasteiger partial charge on any atom is -0.349 e. The van der Waals surface area contributed by atoms with Gasteiger partial charge in [-0.3, -0.25) is 4.18 Å². The van der Waals surface area contributed by atoms with E-state index in [1.165, 1.54) is 14.2 Å². The molecule has 3 saturated heterocycles. The number of ether oxygens (including phenoxy) is 6. The molecule has 3 heterocycles. The van der Waals surface area contributed by atoms with Gasteiger partial charge >= 0.3 is 0 Å². The van der Waals surface area contributed by atoms with Crippen LogP contribution in [0.3, 0.4) is 0 Å². The molecule has 30 heavy (non-hydrogen) atoms. The van der Waals surface area contributed by atoms with Gasteiger partial charge in [-0.1, -0.05) is 30.3 Å². The molecule has 0 radical (unpaired) electrons. The first-order valence-electron chi connectivity index (χ1n) is 9.84. The standard InChI is InChI=1S/C20H28O9S/c1-19(23-3)20(2,24-4)29-17-16(28-19)14-12-30(21,22)26-11-15(14)27-18(17)25-10-13-8-6-5-7-9-13/h5-9,14-18H,10-12H2,1-4H3/t14-,15+,16-,17+,18+,19+,20+/m0/s1. The van der Waals surface area contributed by atoms with E-state index >= 15 is 0 Å². The molecular formula is C20H28O9S. The predicted octanol–water partition coefficient (Wildman–Crippen LogP) is 1.41. The molecular weight excluding hydrogens is 416 g/mol. The van der Waals surface area contributed by atoms with Gasteiger partial charge in [-0.25, -0.2) is 0 Å². The van der Waals surface area contributed by atoms with Crippen LogP contribution in [0.5, 0.6) is 0 Å². The van der Waals surface area contributed by atoms with Crippen LogP contribution < -0.4 is 0 Å². The van der Waals surface area contributed by atoms with Gasteiger partial charge in [0.05, 0.1) is 31.2 Å². The molecule has 0 unspecified atom stereocenters. The van der Waals surface area contributed by atoms with Gasteiger partial charge in [0.25, 0.3) is 10.1 Å². The van der Waals surface area contributed by atoms with E-state index < -0.39 is 52.2 Å². The number of fused-ring (bicyclic) bond motifs is 3. The molecule has 0 aliphatic carbocycles. The molecule has 3 fully saturated rings. The van der Waals surface area contributed by atoms with Crippen molar-refractivity contribution < 1.29 is 41.0 Å². The summed E-state index contributed by atoms with van der Waals surface area (Å²) < 4.78 is 65.2. The van der Waals surface area contributed by atoms with Crippen molar-refractivity contribution in [3.63, 3.8) is 0 Å². The van der Waals surface area contributed by atoms with E-state index in [2.05, 4.69) is 0 Å². The van der Waals surface area contributed by atoms with Crippen LogP contribution in [0, 0.1) is 5.92 Å². The molecule has 1 aromatic rings. The molecule has 0 amide bonds. The third-order valence-corrected chi connectivity index (χ3v) is 7.48. The highest BCUT2D eigenvalue weighted by molar-refractivity contribution is 7.86. The zero-order valence-electron chi connectivity index (χ0n) is 17.5. The number of methoxy groups -OCH3 is 2. The van der Waals surface area contributed by atoms with Crippen LogP contribution in [-0.4, -0.2) is 71.2 Å². The topological polar surface area (TPSA) is 98.8 Å². The average molecular weight is 445 g/mol. The first-order valence-corrected chi connectivity index (χ1v) is 11.4. The molecule has 0 spiro atoms. The van der Waals surface area contributed by atoms with Crippen molar-refractivity contribution in [2.75, 3.05) is 26.6 Å². The van der Waals surface area contributed by atoms with Gasteiger partial charge in [0.1, 0.15) is 6.10 Å². The van der Waals surface area contributed by atoms with Crippen molar-refractivity contribution in [1.82, 2.24) is 0 Å². The molecule has 1 aromatic carbocycles. The Hall–Kier alpha value is -1.11. The molecule has 0 aromatic heterocycles. The maximum atomic E-state index is 12.1. The lowest BCUT2D eigenvalue weighted by Gasteiger charge is -2.57. The van der Waals surface area contributed by atoms with Gasteiger partial charge in [-0.2, -0.15) is 8.42 Å². The second kappa shape index (κ2) is 8.10. The summed E-state index contributed by atoms with van der Waals surface area (Å²) in [5, 5.41) is 0. The van der Waals surface area contributed by atoms with Gasteiger partial charge in [-0.05, 0) is 19.4 Å². The monoisotopic (exact) mass is 444 g/mol. The van der Waals surface area contributed by atoms with Gasteiger partial charge in [0.2, 0.25) is 11.6 Å². The summed E-state index contributed by atoms with van der Waals surface area (Å²) >= 11 is 0. The van der Waals surface area contributed by atoms with E-state index in [0.717, 1.165) is 5.56 Å². The Morgan fingerprint density at radius 3 is 2.30 bits per heavy atom. The van der Waals surface area contributed by atoms with E-state index in [1.807, 2.05) is 30.3 Å². The Morgan fingerprint density at radius 1 is 1.03 bits per heavy atom. The summed E-state index contributed by atoms with van der Waals surface area (Å²) in [5.41, 5.74) is 0.968. The molecule has 3 aliphatic heterocycles. The Morgan fingerprint density at radius 2 is 1.67 bits per heavy atom. The van der Waals surface area contributed by atoms with Crippen LogP contribution in [0.4, 0.5) is 0 Å². The Kier molecular flexibility index (Phi) is 5.97. The quantitative estimate of drug-likeness (QED) is 0.624. The van der Waals surface area contributed by atoms with E-state index in [-0.39, 0.29) is 12.4 Å². The van der Waals surface area contributed by atoms with Gasteiger partial charge < -0.3 is 28.4 Å². The highest BCUT2D eigenvalue weighted by Gasteiger charge is 2.63. The van der Waals surface area contributed by atoms with Crippen LogP contribution >= 0.6 is 0 Å². The Bertz CT molecular complexity index is 847. The SMILES string of the molecule is CO[C@]1(C)O[C@H]2[C@H](OCc3ccccc3)O[C@@H]3COS(=O)(=O)C[C@@H]3[C@@H]2O[C@@]1(C)OC. The lowest BCUT2D eigenvalue weighted by Crippen LogP contribution is -2.72. The molecule has 9 nitrogen and oxygen atoms in total. The third kappa shape index (κ3) is 3.91. The summed E-state index contributed by atoms with van der Waals surface area (Å²) in [6.45, 7) is 3.59. The molecule has 10 heteroatoms. The normalized spacial score (nSPS) is 42.9. The fourth-order valence-electron chi connectivity index (χ4n) is 4.14. The first-order chi connectivity index (χ1) is 14.2. The van der Waals surface area contributed by atoms with Crippen LogP contribution in [-0.2, 0) is 49.3 Å². The predicted molar refractivity (Wildman–Crippen MR) is 104 cm³/mol. The largest absolute Gasteiger partial charge is 0.349 e. The van der Waals surface area contributed by atoms with Crippen LogP contribution in [0.1, 0.15) is 19.4 Å². The third-order valence-electron chi connectivity index (χ3n) is 6.19. The van der Waals surface area contributed by atoms with Crippen molar-refractivity contribution in [2.24, 2.45) is 5.92 Å². The Labute approximate surface area is 176 Å². The highest BCUT2D eigenvalue weighted by atomic mass is 32.2. The maximum Gasteiger partial charge on any atom is 0.267 e. The van der Waals surface area contributed by atoms with Crippen molar-refractivity contribution in [2.45, 2.75) is 56.6 Å². The van der Waals surface area contributed by atoms with Crippen molar-refractivity contribution in [3.05, 3.63) is 35.9 Å². The summed E-state index contributed by atoms with van der Waals surface area (Å²) in [6, 6.07) is 9.66.